The van der Waals surface area contributed by atoms with Crippen molar-refractivity contribution in [3.8, 4) is 0 Å². The van der Waals surface area contributed by atoms with Crippen LogP contribution in [0.1, 0.15) is 27.8 Å². The molecule has 0 aliphatic carbocycles. The van der Waals surface area contributed by atoms with Crippen molar-refractivity contribution in [3.63, 3.8) is 0 Å². The van der Waals surface area contributed by atoms with Crippen LogP contribution >= 0.6 is 0 Å². The number of benzene rings is 1. The predicted molar refractivity (Wildman–Crippen MR) is 102 cm³/mol. The first-order valence-corrected chi connectivity index (χ1v) is 8.81. The van der Waals surface area contributed by atoms with Crippen LogP contribution in [0.3, 0.4) is 0 Å². The molecule has 1 N–H and O–H groups in total. The highest BCUT2D eigenvalue weighted by Gasteiger charge is 2.21. The van der Waals surface area contributed by atoms with E-state index in [9.17, 15) is 14.4 Å². The van der Waals surface area contributed by atoms with Gasteiger partial charge in [-0.1, -0.05) is 12.1 Å². The molecule has 1 fully saturated rings. The summed E-state index contributed by atoms with van der Waals surface area (Å²) in [6.07, 6.45) is 1.33. The molecule has 1 saturated heterocycles. The lowest BCUT2D eigenvalue weighted by Gasteiger charge is -2.34. The monoisotopic (exact) mass is 383 g/mol. The van der Waals surface area contributed by atoms with E-state index in [-0.39, 0.29) is 17.2 Å². The molecule has 146 valence electrons. The Balaban J connectivity index is 1.73. The lowest BCUT2D eigenvalue weighted by Crippen LogP contribution is -2.48. The van der Waals surface area contributed by atoms with E-state index >= 15 is 0 Å². The molecule has 0 saturated carbocycles. The summed E-state index contributed by atoms with van der Waals surface area (Å²) in [5.74, 6) is -0.332. The molecule has 1 aromatic heterocycles. The molecular weight excluding hydrogens is 362 g/mol. The molecule has 3 rings (SSSR count). The number of anilines is 2. The van der Waals surface area contributed by atoms with Gasteiger partial charge in [-0.3, -0.25) is 9.59 Å². The van der Waals surface area contributed by atoms with Crippen molar-refractivity contribution in [1.29, 1.82) is 0 Å². The number of nitrogens with one attached hydrogen (secondary N) is 1. The SMILES string of the molecule is COC(=O)c1ccccc1NC(=O)c1cc(N2CCN(C(C)=O)CC2)ncn1. The van der Waals surface area contributed by atoms with Crippen LogP contribution in [-0.4, -0.2) is 65.9 Å². The average molecular weight is 383 g/mol. The van der Waals surface area contributed by atoms with Crippen molar-refractivity contribution in [3.05, 3.63) is 47.9 Å². The van der Waals surface area contributed by atoms with Crippen LogP contribution < -0.4 is 10.2 Å². The maximum Gasteiger partial charge on any atom is 0.339 e. The second-order valence-electron chi connectivity index (χ2n) is 6.25. The maximum absolute atomic E-state index is 12.6. The van der Waals surface area contributed by atoms with Crippen molar-refractivity contribution in [1.82, 2.24) is 14.9 Å². The van der Waals surface area contributed by atoms with Gasteiger partial charge in [0, 0.05) is 39.2 Å². The van der Waals surface area contributed by atoms with Crippen molar-refractivity contribution < 1.29 is 19.1 Å². The minimum absolute atomic E-state index is 0.0478. The molecule has 0 radical (unpaired) electrons. The first kappa shape index (κ1) is 19.3. The highest BCUT2D eigenvalue weighted by Crippen LogP contribution is 2.18. The summed E-state index contributed by atoms with van der Waals surface area (Å²) in [6, 6.07) is 8.18. The molecule has 28 heavy (non-hydrogen) atoms. The molecule has 2 amide bonds. The molecule has 1 aromatic carbocycles. The zero-order valence-electron chi connectivity index (χ0n) is 15.7. The number of amides is 2. The molecule has 0 spiro atoms. The number of rotatable bonds is 4. The first-order valence-electron chi connectivity index (χ1n) is 8.81. The summed E-state index contributed by atoms with van der Waals surface area (Å²) in [6.45, 7) is 4.02. The van der Waals surface area contributed by atoms with Crippen molar-refractivity contribution in [2.75, 3.05) is 43.5 Å². The van der Waals surface area contributed by atoms with E-state index in [1.807, 2.05) is 4.90 Å². The van der Waals surface area contributed by atoms with Gasteiger partial charge in [0.15, 0.2) is 0 Å². The number of aromatic nitrogens is 2. The number of nitrogens with zero attached hydrogens (tertiary/aromatic N) is 4. The molecule has 0 unspecified atom stereocenters. The number of methoxy groups -OCH3 is 1. The van der Waals surface area contributed by atoms with E-state index in [1.165, 1.54) is 13.4 Å². The molecule has 1 aliphatic heterocycles. The summed E-state index contributed by atoms with van der Waals surface area (Å²) >= 11 is 0. The van der Waals surface area contributed by atoms with Gasteiger partial charge in [-0.2, -0.15) is 0 Å². The lowest BCUT2D eigenvalue weighted by molar-refractivity contribution is -0.129. The average Bonchev–Trinajstić information content (AvgIpc) is 2.73. The van der Waals surface area contributed by atoms with Gasteiger partial charge in [-0.15, -0.1) is 0 Å². The van der Waals surface area contributed by atoms with E-state index in [4.69, 9.17) is 4.74 Å². The number of carbonyl (C=O) groups excluding carboxylic acids is 3. The fraction of sp³-hybridized carbons (Fsp3) is 0.316. The number of esters is 1. The van der Waals surface area contributed by atoms with Crippen LogP contribution in [0.25, 0.3) is 0 Å². The van der Waals surface area contributed by atoms with E-state index in [2.05, 4.69) is 15.3 Å². The standard InChI is InChI=1S/C19H21N5O4/c1-13(25)23-7-9-24(10-8-23)17-11-16(20-12-21-17)18(26)22-15-6-4-3-5-14(15)19(27)28-2/h3-6,11-12H,7-10H2,1-2H3,(H,22,26). The Morgan fingerprint density at radius 1 is 1.07 bits per heavy atom. The lowest BCUT2D eigenvalue weighted by atomic mass is 10.1. The van der Waals surface area contributed by atoms with Crippen LogP contribution in [0.15, 0.2) is 36.7 Å². The fourth-order valence-electron chi connectivity index (χ4n) is 2.96. The number of ether oxygens (including phenoxy) is 1. The molecule has 9 heteroatoms. The number of hydrogen-bond donors (Lipinski definition) is 1. The third-order valence-corrected chi connectivity index (χ3v) is 4.51. The smallest absolute Gasteiger partial charge is 0.339 e. The first-order chi connectivity index (χ1) is 13.5. The molecule has 0 atom stereocenters. The van der Waals surface area contributed by atoms with Crippen LogP contribution in [0, 0.1) is 0 Å². The molecule has 0 bridgehead atoms. The van der Waals surface area contributed by atoms with E-state index in [0.29, 0.717) is 37.7 Å². The third-order valence-electron chi connectivity index (χ3n) is 4.51. The summed E-state index contributed by atoms with van der Waals surface area (Å²) in [7, 11) is 1.28. The Bertz CT molecular complexity index is 893. The van der Waals surface area contributed by atoms with E-state index in [0.717, 1.165) is 0 Å². The maximum atomic E-state index is 12.6. The van der Waals surface area contributed by atoms with Gasteiger partial charge >= 0.3 is 5.97 Å². The minimum atomic E-state index is -0.539. The quantitative estimate of drug-likeness (QED) is 0.791. The zero-order valence-corrected chi connectivity index (χ0v) is 15.7. The van der Waals surface area contributed by atoms with Crippen LogP contribution in [-0.2, 0) is 9.53 Å². The van der Waals surface area contributed by atoms with Crippen molar-refractivity contribution in [2.45, 2.75) is 6.92 Å². The highest BCUT2D eigenvalue weighted by molar-refractivity contribution is 6.07. The second kappa shape index (κ2) is 8.47. The summed E-state index contributed by atoms with van der Waals surface area (Å²) in [4.78, 5) is 48.0. The van der Waals surface area contributed by atoms with Crippen LogP contribution in [0.2, 0.25) is 0 Å². The van der Waals surface area contributed by atoms with Gasteiger partial charge in [-0.05, 0) is 12.1 Å². The molecular formula is C19H21N5O4. The predicted octanol–water partition coefficient (Wildman–Crippen LogP) is 1.18. The molecule has 2 aromatic rings. The molecule has 9 nitrogen and oxygen atoms in total. The van der Waals surface area contributed by atoms with E-state index in [1.54, 1.807) is 42.2 Å². The van der Waals surface area contributed by atoms with Gasteiger partial charge in [0.05, 0.1) is 18.4 Å². The Kier molecular flexibility index (Phi) is 5.83. The fourth-order valence-corrected chi connectivity index (χ4v) is 2.96. The molecule has 1 aliphatic rings. The number of carbonyl (C=O) groups is 3. The number of para-hydroxylation sites is 1. The Morgan fingerprint density at radius 2 is 1.79 bits per heavy atom. The number of piperazine rings is 1. The van der Waals surface area contributed by atoms with E-state index < -0.39 is 11.9 Å². The molecule has 2 heterocycles. The topological polar surface area (TPSA) is 105 Å². The number of hydrogen-bond acceptors (Lipinski definition) is 7. The second-order valence-corrected chi connectivity index (χ2v) is 6.25. The highest BCUT2D eigenvalue weighted by atomic mass is 16.5. The zero-order chi connectivity index (χ0) is 20.1. The van der Waals surface area contributed by atoms with Crippen LogP contribution in [0.4, 0.5) is 11.5 Å². The largest absolute Gasteiger partial charge is 0.465 e. The third kappa shape index (κ3) is 4.25. The van der Waals surface area contributed by atoms with Gasteiger partial charge in [0.2, 0.25) is 5.91 Å². The Labute approximate surface area is 162 Å². The van der Waals surface area contributed by atoms with Gasteiger partial charge < -0.3 is 19.9 Å². The van der Waals surface area contributed by atoms with Gasteiger partial charge in [0.1, 0.15) is 17.8 Å². The summed E-state index contributed by atoms with van der Waals surface area (Å²) in [5.41, 5.74) is 0.779. The summed E-state index contributed by atoms with van der Waals surface area (Å²) in [5, 5.41) is 2.69. The van der Waals surface area contributed by atoms with Gasteiger partial charge in [-0.25, -0.2) is 14.8 Å². The minimum Gasteiger partial charge on any atom is -0.465 e. The van der Waals surface area contributed by atoms with Gasteiger partial charge in [0.25, 0.3) is 5.91 Å². The van der Waals surface area contributed by atoms with Crippen LogP contribution in [0.5, 0.6) is 0 Å². The van der Waals surface area contributed by atoms with Crippen molar-refractivity contribution in [2.24, 2.45) is 0 Å². The normalized spacial score (nSPS) is 13.8. The Hall–Kier alpha value is -3.49. The van der Waals surface area contributed by atoms with Crippen molar-refractivity contribution >= 4 is 29.3 Å². The summed E-state index contributed by atoms with van der Waals surface area (Å²) < 4.78 is 4.74. The Morgan fingerprint density at radius 3 is 2.46 bits per heavy atom.